The Morgan fingerprint density at radius 3 is 2.62 bits per heavy atom. The van der Waals surface area contributed by atoms with Gasteiger partial charge in [-0.2, -0.15) is 0 Å². The van der Waals surface area contributed by atoms with Gasteiger partial charge in [0.05, 0.1) is 12.1 Å². The molecule has 1 heterocycles. The van der Waals surface area contributed by atoms with E-state index in [1.54, 1.807) is 0 Å². The van der Waals surface area contributed by atoms with Crippen LogP contribution < -0.4 is 5.73 Å². The van der Waals surface area contributed by atoms with Gasteiger partial charge in [-0.25, -0.2) is 4.79 Å². The van der Waals surface area contributed by atoms with E-state index >= 15 is 0 Å². The summed E-state index contributed by atoms with van der Waals surface area (Å²) in [5, 5.41) is 36.8. The van der Waals surface area contributed by atoms with Crippen LogP contribution in [-0.2, 0) is 14.3 Å². The van der Waals surface area contributed by atoms with Crippen LogP contribution in [-0.4, -0.2) is 62.8 Å². The van der Waals surface area contributed by atoms with Gasteiger partial charge in [-0.3, -0.25) is 0 Å². The summed E-state index contributed by atoms with van der Waals surface area (Å²) in [6, 6.07) is -1.15. The topological polar surface area (TPSA) is 150 Å². The minimum absolute atomic E-state index is 0.0881. The van der Waals surface area contributed by atoms with Crippen LogP contribution in [0.25, 0.3) is 0 Å². The molecule has 0 saturated carbocycles. The fourth-order valence-electron chi connectivity index (χ4n) is 1.50. The van der Waals surface area contributed by atoms with E-state index in [0.29, 0.717) is 0 Å². The molecule has 1 saturated heterocycles. The molecule has 92 valence electrons. The van der Waals surface area contributed by atoms with Crippen LogP contribution in [0.2, 0.25) is 0 Å². The van der Waals surface area contributed by atoms with Crippen LogP contribution >= 0.6 is 0 Å². The van der Waals surface area contributed by atoms with Crippen LogP contribution in [0, 0.1) is 0 Å². The Morgan fingerprint density at radius 2 is 2.19 bits per heavy atom. The summed E-state index contributed by atoms with van der Waals surface area (Å²) in [5.74, 6) is -4.37. The van der Waals surface area contributed by atoms with Crippen LogP contribution in [0.15, 0.2) is 0 Å². The van der Waals surface area contributed by atoms with Crippen LogP contribution in [0.1, 0.15) is 6.42 Å². The van der Waals surface area contributed by atoms with Crippen molar-refractivity contribution in [1.82, 2.24) is 0 Å². The quantitative estimate of drug-likeness (QED) is 0.321. The van der Waals surface area contributed by atoms with Crippen molar-refractivity contribution in [2.24, 2.45) is 5.73 Å². The van der Waals surface area contributed by atoms with E-state index in [2.05, 4.69) is 4.74 Å². The molecule has 1 fully saturated rings. The van der Waals surface area contributed by atoms with Crippen LogP contribution in [0.5, 0.6) is 0 Å². The first-order valence-corrected chi connectivity index (χ1v) is 4.52. The van der Waals surface area contributed by atoms with Gasteiger partial charge in [-0.15, -0.1) is 0 Å². The van der Waals surface area contributed by atoms with Crippen molar-refractivity contribution in [3.05, 3.63) is 0 Å². The number of carboxylic acid groups (broad SMARTS) is 1. The van der Waals surface area contributed by atoms with Gasteiger partial charge in [0.1, 0.15) is 12.2 Å². The zero-order chi connectivity index (χ0) is 12.5. The van der Waals surface area contributed by atoms with Gasteiger partial charge in [0, 0.05) is 6.42 Å². The predicted molar refractivity (Wildman–Crippen MR) is 48.1 cm³/mol. The number of nitrogens with two attached hydrogens (primary N) is 1. The molecule has 0 aromatic rings. The molecule has 5 atom stereocenters. The van der Waals surface area contributed by atoms with E-state index in [1.165, 1.54) is 0 Å². The van der Waals surface area contributed by atoms with Crippen LogP contribution in [0.3, 0.4) is 0 Å². The number of aliphatic hydroxyl groups is 3. The van der Waals surface area contributed by atoms with Gasteiger partial charge in [-0.05, 0) is 0 Å². The molecule has 8 heteroatoms. The Morgan fingerprint density at radius 1 is 1.62 bits per heavy atom. The fraction of sp³-hybridized carbons (Fsp3) is 0.750. The maximum Gasteiger partial charge on any atom is 0.364 e. The lowest BCUT2D eigenvalue weighted by Gasteiger charge is -2.41. The van der Waals surface area contributed by atoms with E-state index in [9.17, 15) is 24.9 Å². The number of ether oxygens (including phenoxy) is 1. The largest absolute Gasteiger partial charge is 0.477 e. The molecule has 16 heavy (non-hydrogen) atoms. The van der Waals surface area contributed by atoms with Crippen molar-refractivity contribution >= 4 is 12.3 Å². The molecule has 0 aliphatic carbocycles. The minimum Gasteiger partial charge on any atom is -0.477 e. The predicted octanol–water partition coefficient (Wildman–Crippen LogP) is -3.20. The van der Waals surface area contributed by atoms with Gasteiger partial charge in [0.25, 0.3) is 5.79 Å². The zero-order valence-corrected chi connectivity index (χ0v) is 8.18. The van der Waals surface area contributed by atoms with Gasteiger partial charge < -0.3 is 35.7 Å². The lowest BCUT2D eigenvalue weighted by molar-refractivity contribution is -0.283. The van der Waals surface area contributed by atoms with Gasteiger partial charge in [0.2, 0.25) is 0 Å². The smallest absolute Gasteiger partial charge is 0.364 e. The maximum atomic E-state index is 10.7. The summed E-state index contributed by atoms with van der Waals surface area (Å²) in [7, 11) is 0. The average molecular weight is 235 g/mol. The number of carboxylic acids is 1. The van der Waals surface area contributed by atoms with Gasteiger partial charge in [-0.1, -0.05) is 0 Å². The number of carbonyl (C=O) groups excluding carboxylic acids is 1. The highest BCUT2D eigenvalue weighted by Gasteiger charge is 2.51. The summed E-state index contributed by atoms with van der Waals surface area (Å²) in [6.45, 7) is 0. The molecule has 5 unspecified atom stereocenters. The Hall–Kier alpha value is -1.06. The number of hydrogen-bond acceptors (Lipinski definition) is 7. The number of hydrogen-bond donors (Lipinski definition) is 5. The van der Waals surface area contributed by atoms with E-state index in [-0.39, 0.29) is 6.29 Å². The number of rotatable bonds is 3. The van der Waals surface area contributed by atoms with Gasteiger partial charge >= 0.3 is 5.97 Å². The second-order valence-corrected chi connectivity index (χ2v) is 3.65. The molecule has 0 aromatic heterocycles. The van der Waals surface area contributed by atoms with Crippen LogP contribution in [0.4, 0.5) is 0 Å². The number of aliphatic carboxylic acids is 1. The third-order valence-corrected chi connectivity index (χ3v) is 2.45. The molecule has 0 aromatic carbocycles. The van der Waals surface area contributed by atoms with E-state index in [0.717, 1.165) is 0 Å². The molecular weight excluding hydrogens is 222 g/mol. The molecule has 8 nitrogen and oxygen atoms in total. The molecule has 0 radical (unpaired) electrons. The first-order valence-electron chi connectivity index (χ1n) is 4.52. The highest BCUT2D eigenvalue weighted by molar-refractivity contribution is 5.75. The van der Waals surface area contributed by atoms with Crippen molar-refractivity contribution in [2.45, 2.75) is 36.6 Å². The zero-order valence-electron chi connectivity index (χ0n) is 8.18. The Kier molecular flexibility index (Phi) is 3.61. The molecule has 0 spiro atoms. The first kappa shape index (κ1) is 13.0. The molecule has 1 aliphatic rings. The van der Waals surface area contributed by atoms with Crippen molar-refractivity contribution in [2.75, 3.05) is 0 Å². The highest BCUT2D eigenvalue weighted by atomic mass is 16.7. The number of carbonyl (C=O) groups is 2. The number of aldehydes is 1. The molecular formula is C8H13NO7. The SMILES string of the molecule is NC1C(O)CC(O)(C(=O)O)OC1C(O)C=O. The second-order valence-electron chi connectivity index (χ2n) is 3.65. The Balaban J connectivity index is 2.93. The third kappa shape index (κ3) is 2.20. The third-order valence-electron chi connectivity index (χ3n) is 2.45. The summed E-state index contributed by atoms with van der Waals surface area (Å²) in [6.07, 6.45) is -5.12. The summed E-state index contributed by atoms with van der Waals surface area (Å²) < 4.78 is 4.66. The Bertz CT molecular complexity index is 296. The first-order chi connectivity index (χ1) is 7.31. The maximum absolute atomic E-state index is 10.7. The lowest BCUT2D eigenvalue weighted by Crippen LogP contribution is -2.64. The molecule has 0 bridgehead atoms. The number of aliphatic hydroxyl groups excluding tert-OH is 2. The standard InChI is InChI=1S/C8H13NO7/c9-5-3(11)1-8(15,7(13)14)16-6(5)4(12)2-10/h2-6,11-12,15H,1,9H2,(H,13,14). The average Bonchev–Trinajstić information content (AvgIpc) is 2.22. The molecule has 1 aliphatic heterocycles. The lowest BCUT2D eigenvalue weighted by atomic mass is 9.91. The van der Waals surface area contributed by atoms with Crippen molar-refractivity contribution in [3.8, 4) is 0 Å². The highest BCUT2D eigenvalue weighted by Crippen LogP contribution is 2.28. The normalized spacial score (nSPS) is 41.4. The molecule has 0 amide bonds. The van der Waals surface area contributed by atoms with Crippen molar-refractivity contribution in [3.63, 3.8) is 0 Å². The van der Waals surface area contributed by atoms with Crippen molar-refractivity contribution < 1.29 is 34.8 Å². The van der Waals surface area contributed by atoms with Gasteiger partial charge in [0.15, 0.2) is 6.29 Å². The Labute approximate surface area is 90.2 Å². The molecule has 6 N–H and O–H groups in total. The van der Waals surface area contributed by atoms with Crippen molar-refractivity contribution in [1.29, 1.82) is 0 Å². The molecule has 1 rings (SSSR count). The van der Waals surface area contributed by atoms with E-state index in [1.807, 2.05) is 0 Å². The minimum atomic E-state index is -2.65. The summed E-state index contributed by atoms with van der Waals surface area (Å²) in [5.41, 5.74) is 5.42. The summed E-state index contributed by atoms with van der Waals surface area (Å²) >= 11 is 0. The fourth-order valence-corrected chi connectivity index (χ4v) is 1.50. The monoisotopic (exact) mass is 235 g/mol. The van der Waals surface area contributed by atoms with E-state index in [4.69, 9.17) is 10.8 Å². The van der Waals surface area contributed by atoms with E-state index < -0.39 is 42.5 Å². The second kappa shape index (κ2) is 4.44. The summed E-state index contributed by atoms with van der Waals surface area (Å²) in [4.78, 5) is 21.0.